The van der Waals surface area contributed by atoms with Gasteiger partial charge in [0.1, 0.15) is 11.5 Å². The molecule has 3 rings (SSSR count). The van der Waals surface area contributed by atoms with Crippen LogP contribution in [0.5, 0.6) is 17.2 Å². The normalized spacial score (nSPS) is 16.9. The van der Waals surface area contributed by atoms with Crippen molar-refractivity contribution in [3.63, 3.8) is 0 Å². The number of benzene rings is 2. The van der Waals surface area contributed by atoms with Gasteiger partial charge in [-0.15, -0.1) is 0 Å². The van der Waals surface area contributed by atoms with Gasteiger partial charge in [-0.3, -0.25) is 0 Å². The summed E-state index contributed by atoms with van der Waals surface area (Å²) in [6.45, 7) is 5.66. The fourth-order valence-corrected chi connectivity index (χ4v) is 5.81. The second-order valence-corrected chi connectivity index (χ2v) is 11.8. The Morgan fingerprint density at radius 1 is 0.683 bits per heavy atom. The van der Waals surface area contributed by atoms with Crippen LogP contribution >= 0.6 is 0 Å². The van der Waals surface area contributed by atoms with E-state index in [0.29, 0.717) is 19.0 Å². The molecule has 2 aromatic carbocycles. The van der Waals surface area contributed by atoms with E-state index in [2.05, 4.69) is 13.8 Å². The molecule has 0 aromatic heterocycles. The van der Waals surface area contributed by atoms with E-state index in [1.807, 2.05) is 12.1 Å². The highest BCUT2D eigenvalue weighted by Gasteiger charge is 2.20. The number of carbonyl (C=O) groups is 1. The third-order valence-corrected chi connectivity index (χ3v) is 8.42. The summed E-state index contributed by atoms with van der Waals surface area (Å²) in [4.78, 5) is 12.6. The molecule has 0 heterocycles. The zero-order chi connectivity index (χ0) is 29.1. The van der Waals surface area contributed by atoms with Gasteiger partial charge in [-0.1, -0.05) is 104 Å². The van der Waals surface area contributed by atoms with Gasteiger partial charge in [0, 0.05) is 0 Å². The maximum atomic E-state index is 14.5. The first kappa shape index (κ1) is 32.9. The van der Waals surface area contributed by atoms with Crippen LogP contribution in [0.15, 0.2) is 42.5 Å². The smallest absolute Gasteiger partial charge is 0.343 e. The van der Waals surface area contributed by atoms with Crippen LogP contribution in [-0.2, 0) is 0 Å². The molecule has 5 heteroatoms. The maximum absolute atomic E-state index is 14.5. The fourth-order valence-electron chi connectivity index (χ4n) is 5.81. The van der Waals surface area contributed by atoms with Crippen molar-refractivity contribution < 1.29 is 23.4 Å². The van der Waals surface area contributed by atoms with Gasteiger partial charge in [0.05, 0.1) is 18.8 Å². The third-order valence-electron chi connectivity index (χ3n) is 8.42. The molecule has 2 aromatic rings. The lowest BCUT2D eigenvalue weighted by molar-refractivity contribution is 0.0734. The highest BCUT2D eigenvalue weighted by Crippen LogP contribution is 2.34. The molecule has 228 valence electrons. The Hall–Kier alpha value is -2.56. The van der Waals surface area contributed by atoms with Crippen LogP contribution in [0.4, 0.5) is 4.39 Å². The van der Waals surface area contributed by atoms with Crippen molar-refractivity contribution in [1.82, 2.24) is 0 Å². The van der Waals surface area contributed by atoms with Gasteiger partial charge in [-0.2, -0.15) is 0 Å². The predicted molar refractivity (Wildman–Crippen MR) is 166 cm³/mol. The summed E-state index contributed by atoms with van der Waals surface area (Å²) < 4.78 is 31.5. The summed E-state index contributed by atoms with van der Waals surface area (Å²) in [5.41, 5.74) is 0.154. The van der Waals surface area contributed by atoms with Crippen molar-refractivity contribution in [2.75, 3.05) is 13.2 Å². The Bertz CT molecular complexity index is 982. The minimum Gasteiger partial charge on any atom is -0.494 e. The molecule has 0 N–H and O–H groups in total. The average Bonchev–Trinajstić information content (AvgIpc) is 2.99. The summed E-state index contributed by atoms with van der Waals surface area (Å²) >= 11 is 0. The summed E-state index contributed by atoms with van der Waals surface area (Å²) in [6.07, 6.45) is 21.6. The van der Waals surface area contributed by atoms with Crippen molar-refractivity contribution in [2.45, 2.75) is 123 Å². The Morgan fingerprint density at radius 2 is 1.24 bits per heavy atom. The van der Waals surface area contributed by atoms with Crippen LogP contribution in [0.25, 0.3) is 0 Å². The van der Waals surface area contributed by atoms with E-state index in [-0.39, 0.29) is 11.3 Å². The van der Waals surface area contributed by atoms with E-state index in [9.17, 15) is 9.18 Å². The van der Waals surface area contributed by atoms with E-state index in [4.69, 9.17) is 14.2 Å². The number of hydrogen-bond donors (Lipinski definition) is 0. The first-order chi connectivity index (χ1) is 20.1. The molecule has 0 unspecified atom stereocenters. The molecular weight excluding hydrogens is 515 g/mol. The number of unbranched alkanes of at least 4 members (excludes halogenated alkanes) is 8. The van der Waals surface area contributed by atoms with Crippen LogP contribution in [0.2, 0.25) is 0 Å². The number of esters is 1. The lowest BCUT2D eigenvalue weighted by Gasteiger charge is -2.28. The van der Waals surface area contributed by atoms with Crippen molar-refractivity contribution in [1.29, 1.82) is 0 Å². The van der Waals surface area contributed by atoms with Crippen LogP contribution in [0.1, 0.15) is 133 Å². The largest absolute Gasteiger partial charge is 0.494 e. The number of hydrogen-bond acceptors (Lipinski definition) is 4. The molecule has 41 heavy (non-hydrogen) atoms. The lowest BCUT2D eigenvalue weighted by atomic mass is 9.78. The van der Waals surface area contributed by atoms with Gasteiger partial charge in [0.2, 0.25) is 0 Å². The Morgan fingerprint density at radius 3 is 1.90 bits per heavy atom. The number of carbonyl (C=O) groups excluding carboxylic acids is 1. The second-order valence-electron chi connectivity index (χ2n) is 11.8. The summed E-state index contributed by atoms with van der Waals surface area (Å²) in [5.74, 6) is 1.99. The van der Waals surface area contributed by atoms with Crippen molar-refractivity contribution in [3.8, 4) is 17.2 Å². The van der Waals surface area contributed by atoms with Gasteiger partial charge >= 0.3 is 5.97 Å². The molecule has 1 aliphatic carbocycles. The number of ether oxygens (including phenoxy) is 3. The quantitative estimate of drug-likeness (QED) is 0.0905. The van der Waals surface area contributed by atoms with Crippen LogP contribution in [0, 0.1) is 17.7 Å². The summed E-state index contributed by atoms with van der Waals surface area (Å²) in [7, 11) is 0. The molecule has 0 saturated heterocycles. The SMILES string of the molecule is CCCCCCCCCOc1ccc(C(=O)Oc2ccc(OCCC[C@H]3CC[C@H](CCCCC)CC3)cc2)cc1F. The Balaban J connectivity index is 1.30. The summed E-state index contributed by atoms with van der Waals surface area (Å²) in [6, 6.07) is 11.3. The monoisotopic (exact) mass is 568 g/mol. The Labute approximate surface area is 248 Å². The van der Waals surface area contributed by atoms with Crippen LogP contribution in [0.3, 0.4) is 0 Å². The zero-order valence-electron chi connectivity index (χ0n) is 25.6. The molecule has 0 atom stereocenters. The predicted octanol–water partition coefficient (Wildman–Crippen LogP) is 10.7. The molecular formula is C36H53FO4. The van der Waals surface area contributed by atoms with E-state index in [1.165, 1.54) is 102 Å². The van der Waals surface area contributed by atoms with Crippen molar-refractivity contribution in [2.24, 2.45) is 11.8 Å². The van der Waals surface area contributed by atoms with E-state index >= 15 is 0 Å². The molecule has 0 bridgehead atoms. The maximum Gasteiger partial charge on any atom is 0.343 e. The van der Waals surface area contributed by atoms with Crippen LogP contribution in [-0.4, -0.2) is 19.2 Å². The first-order valence-electron chi connectivity index (χ1n) is 16.5. The fraction of sp³-hybridized carbons (Fsp3) is 0.639. The molecule has 0 aliphatic heterocycles. The molecule has 1 fully saturated rings. The average molecular weight is 569 g/mol. The minimum atomic E-state index is -0.601. The second kappa shape index (κ2) is 19.5. The van der Waals surface area contributed by atoms with Crippen molar-refractivity contribution >= 4 is 5.97 Å². The molecule has 4 nitrogen and oxygen atoms in total. The first-order valence-corrected chi connectivity index (χ1v) is 16.5. The molecule has 0 radical (unpaired) electrons. The molecule has 1 saturated carbocycles. The van der Waals surface area contributed by atoms with E-state index in [0.717, 1.165) is 36.8 Å². The number of rotatable bonds is 20. The minimum absolute atomic E-state index is 0.154. The van der Waals surface area contributed by atoms with E-state index < -0.39 is 11.8 Å². The standard InChI is InChI=1S/C36H53FO4/c1-3-5-7-8-9-10-12-26-40-35-25-20-31(28-34(35)37)36(38)41-33-23-21-32(22-24-33)39-27-13-15-30-18-16-29(17-19-30)14-11-6-4-2/h20-25,28-30H,3-19,26-27H2,1-2H3/t29-,30-. The van der Waals surface area contributed by atoms with Gasteiger partial charge < -0.3 is 14.2 Å². The van der Waals surface area contributed by atoms with Crippen LogP contribution < -0.4 is 14.2 Å². The molecule has 0 amide bonds. The van der Waals surface area contributed by atoms with Crippen molar-refractivity contribution in [3.05, 3.63) is 53.8 Å². The van der Waals surface area contributed by atoms with E-state index in [1.54, 1.807) is 18.2 Å². The summed E-state index contributed by atoms with van der Waals surface area (Å²) in [5, 5.41) is 0. The van der Waals surface area contributed by atoms with Gasteiger partial charge in [0.15, 0.2) is 11.6 Å². The highest BCUT2D eigenvalue weighted by atomic mass is 19.1. The number of halogens is 1. The molecule has 1 aliphatic rings. The van der Waals surface area contributed by atoms with Gasteiger partial charge in [-0.25, -0.2) is 9.18 Å². The Kier molecular flexibility index (Phi) is 15.7. The zero-order valence-corrected chi connectivity index (χ0v) is 25.6. The van der Waals surface area contributed by atoms with Gasteiger partial charge in [-0.05, 0) is 73.6 Å². The molecule has 0 spiro atoms. The highest BCUT2D eigenvalue weighted by molar-refractivity contribution is 5.91. The van der Waals surface area contributed by atoms with Gasteiger partial charge in [0.25, 0.3) is 0 Å². The third kappa shape index (κ3) is 12.9. The topological polar surface area (TPSA) is 44.8 Å². The lowest BCUT2D eigenvalue weighted by Crippen LogP contribution is -2.15.